The molecule has 1 aliphatic heterocycles. The van der Waals surface area contributed by atoms with Crippen LogP contribution in [0.5, 0.6) is 0 Å². The first kappa shape index (κ1) is 16.9. The number of hydrogen-bond acceptors (Lipinski definition) is 8. The Morgan fingerprint density at radius 2 is 2.08 bits per heavy atom. The Hall–Kier alpha value is -2.94. The van der Waals surface area contributed by atoms with Crippen LogP contribution >= 0.6 is 0 Å². The molecule has 25 heavy (non-hydrogen) atoms. The first-order chi connectivity index (χ1) is 12.1. The van der Waals surface area contributed by atoms with E-state index in [9.17, 15) is 10.1 Å². The summed E-state index contributed by atoms with van der Waals surface area (Å²) < 4.78 is 5.53. The van der Waals surface area contributed by atoms with Crippen LogP contribution in [0.25, 0.3) is 0 Å². The quantitative estimate of drug-likeness (QED) is 0.515. The second-order valence-corrected chi connectivity index (χ2v) is 5.74. The Morgan fingerprint density at radius 3 is 2.76 bits per heavy atom. The van der Waals surface area contributed by atoms with Crippen LogP contribution in [0.1, 0.15) is 18.4 Å². The fourth-order valence-corrected chi connectivity index (χ4v) is 2.65. The maximum absolute atomic E-state index is 11.3. The van der Waals surface area contributed by atoms with E-state index in [1.807, 2.05) is 30.3 Å². The van der Waals surface area contributed by atoms with Crippen molar-refractivity contribution < 1.29 is 9.66 Å². The third kappa shape index (κ3) is 4.32. The second kappa shape index (κ2) is 7.75. The average Bonchev–Trinajstić information content (AvgIpc) is 3.12. The number of benzene rings is 1. The summed E-state index contributed by atoms with van der Waals surface area (Å²) in [6, 6.07) is 9.53. The summed E-state index contributed by atoms with van der Waals surface area (Å²) in [6.07, 6.45) is 2.09. The Balaban J connectivity index is 1.76. The van der Waals surface area contributed by atoms with Gasteiger partial charge in [0.2, 0.25) is 17.6 Å². The zero-order valence-corrected chi connectivity index (χ0v) is 13.6. The third-order valence-electron chi connectivity index (χ3n) is 3.91. The molecule has 2 heterocycles. The smallest absolute Gasteiger partial charge is 0.353 e. The lowest BCUT2D eigenvalue weighted by molar-refractivity contribution is -0.383. The largest absolute Gasteiger partial charge is 0.378 e. The molecule has 1 atom stereocenters. The molecule has 9 nitrogen and oxygen atoms in total. The lowest BCUT2D eigenvalue weighted by Gasteiger charge is -2.13. The van der Waals surface area contributed by atoms with Gasteiger partial charge in [0.15, 0.2) is 0 Å². The van der Waals surface area contributed by atoms with E-state index < -0.39 is 4.92 Å². The van der Waals surface area contributed by atoms with Gasteiger partial charge < -0.3 is 21.1 Å². The zero-order valence-electron chi connectivity index (χ0n) is 13.6. The predicted molar refractivity (Wildman–Crippen MR) is 94.3 cm³/mol. The lowest BCUT2D eigenvalue weighted by atomic mass is 10.2. The molecule has 2 aromatic rings. The molecule has 1 aliphatic rings. The van der Waals surface area contributed by atoms with Crippen molar-refractivity contribution in [1.82, 2.24) is 9.97 Å². The third-order valence-corrected chi connectivity index (χ3v) is 3.91. The Bertz CT molecular complexity index is 734. The maximum Gasteiger partial charge on any atom is 0.353 e. The van der Waals surface area contributed by atoms with Crippen LogP contribution in [0.15, 0.2) is 30.3 Å². The second-order valence-electron chi connectivity index (χ2n) is 5.74. The highest BCUT2D eigenvalue weighted by Crippen LogP contribution is 2.29. The minimum atomic E-state index is -0.577. The minimum Gasteiger partial charge on any atom is -0.378 e. The van der Waals surface area contributed by atoms with Crippen molar-refractivity contribution in [2.24, 2.45) is 0 Å². The van der Waals surface area contributed by atoms with Gasteiger partial charge in [-0.1, -0.05) is 30.3 Å². The number of aromatic nitrogens is 2. The molecule has 0 bridgehead atoms. The van der Waals surface area contributed by atoms with Gasteiger partial charge in [-0.15, -0.1) is 0 Å². The number of anilines is 3. The Labute approximate surface area is 144 Å². The highest BCUT2D eigenvalue weighted by Gasteiger charge is 2.23. The summed E-state index contributed by atoms with van der Waals surface area (Å²) in [5, 5.41) is 17.3. The van der Waals surface area contributed by atoms with Gasteiger partial charge in [-0.25, -0.2) is 0 Å². The Morgan fingerprint density at radius 1 is 1.28 bits per heavy atom. The van der Waals surface area contributed by atoms with Gasteiger partial charge in [-0.05, 0) is 18.4 Å². The van der Waals surface area contributed by atoms with Crippen LogP contribution in [0.2, 0.25) is 0 Å². The minimum absolute atomic E-state index is 0.0937. The first-order valence-corrected chi connectivity index (χ1v) is 8.08. The summed E-state index contributed by atoms with van der Waals surface area (Å²) >= 11 is 0. The van der Waals surface area contributed by atoms with Crippen molar-refractivity contribution in [1.29, 1.82) is 0 Å². The van der Waals surface area contributed by atoms with Crippen LogP contribution in [0.4, 0.5) is 23.3 Å². The van der Waals surface area contributed by atoms with Gasteiger partial charge in [0.1, 0.15) is 0 Å². The van der Waals surface area contributed by atoms with Crippen molar-refractivity contribution >= 4 is 23.3 Å². The van der Waals surface area contributed by atoms with E-state index in [0.29, 0.717) is 13.1 Å². The van der Waals surface area contributed by atoms with Crippen molar-refractivity contribution in [2.45, 2.75) is 25.5 Å². The molecule has 9 heteroatoms. The SMILES string of the molecule is Nc1nc(NCC2CCCO2)nc(NCc2ccccc2)c1[N+](=O)[O-]. The summed E-state index contributed by atoms with van der Waals surface area (Å²) in [7, 11) is 0. The van der Waals surface area contributed by atoms with E-state index in [0.717, 1.165) is 25.0 Å². The molecule has 0 spiro atoms. The van der Waals surface area contributed by atoms with E-state index >= 15 is 0 Å². The normalized spacial score (nSPS) is 16.6. The maximum atomic E-state index is 11.3. The van der Waals surface area contributed by atoms with E-state index in [-0.39, 0.29) is 29.4 Å². The van der Waals surface area contributed by atoms with Gasteiger partial charge in [0, 0.05) is 19.7 Å². The number of nitrogens with two attached hydrogens (primary N) is 1. The van der Waals surface area contributed by atoms with Crippen molar-refractivity contribution in [3.05, 3.63) is 46.0 Å². The molecule has 0 saturated carbocycles. The summed E-state index contributed by atoms with van der Waals surface area (Å²) in [4.78, 5) is 18.9. The standard InChI is InChI=1S/C16H20N6O3/c17-14-13(22(23)24)15(18-9-11-5-2-1-3-6-11)21-16(20-14)19-10-12-7-4-8-25-12/h1-3,5-6,12H,4,7-10H2,(H4,17,18,19,20,21). The number of nitrogens with one attached hydrogen (secondary N) is 2. The molecule has 0 radical (unpaired) electrons. The number of nitrogen functional groups attached to an aromatic ring is 1. The molecule has 1 fully saturated rings. The van der Waals surface area contributed by atoms with E-state index in [1.54, 1.807) is 0 Å². The van der Waals surface area contributed by atoms with Crippen LogP contribution in [-0.4, -0.2) is 34.1 Å². The first-order valence-electron chi connectivity index (χ1n) is 8.08. The van der Waals surface area contributed by atoms with Gasteiger partial charge >= 0.3 is 5.69 Å². The Kier molecular flexibility index (Phi) is 5.24. The van der Waals surface area contributed by atoms with Gasteiger partial charge in [0.05, 0.1) is 11.0 Å². The highest BCUT2D eigenvalue weighted by atomic mass is 16.6. The molecule has 4 N–H and O–H groups in total. The molecule has 0 amide bonds. The lowest BCUT2D eigenvalue weighted by Crippen LogP contribution is -2.20. The van der Waals surface area contributed by atoms with E-state index in [1.165, 1.54) is 0 Å². The highest BCUT2D eigenvalue weighted by molar-refractivity contribution is 5.69. The zero-order chi connectivity index (χ0) is 17.6. The van der Waals surface area contributed by atoms with Gasteiger partial charge in [0.25, 0.3) is 0 Å². The number of ether oxygens (including phenoxy) is 1. The fourth-order valence-electron chi connectivity index (χ4n) is 2.65. The molecular weight excluding hydrogens is 324 g/mol. The molecular formula is C16H20N6O3. The monoisotopic (exact) mass is 344 g/mol. The number of nitro groups is 1. The van der Waals surface area contributed by atoms with Crippen LogP contribution < -0.4 is 16.4 Å². The van der Waals surface area contributed by atoms with Crippen LogP contribution in [0, 0.1) is 10.1 Å². The molecule has 3 rings (SSSR count). The average molecular weight is 344 g/mol. The van der Waals surface area contributed by atoms with Gasteiger partial charge in [-0.3, -0.25) is 10.1 Å². The van der Waals surface area contributed by atoms with E-state index in [4.69, 9.17) is 10.5 Å². The molecule has 0 aliphatic carbocycles. The van der Waals surface area contributed by atoms with Crippen LogP contribution in [-0.2, 0) is 11.3 Å². The molecule has 1 saturated heterocycles. The predicted octanol–water partition coefficient (Wildman–Crippen LogP) is 2.17. The van der Waals surface area contributed by atoms with Gasteiger partial charge in [-0.2, -0.15) is 9.97 Å². The topological polar surface area (TPSA) is 128 Å². The van der Waals surface area contributed by atoms with Crippen molar-refractivity contribution in [3.8, 4) is 0 Å². The summed E-state index contributed by atoms with van der Waals surface area (Å²) in [5.74, 6) is 0.163. The number of hydrogen-bond donors (Lipinski definition) is 3. The van der Waals surface area contributed by atoms with Crippen molar-refractivity contribution in [3.63, 3.8) is 0 Å². The molecule has 1 aromatic carbocycles. The number of nitrogens with zero attached hydrogens (tertiary/aromatic N) is 3. The molecule has 1 unspecified atom stereocenters. The number of rotatable bonds is 7. The van der Waals surface area contributed by atoms with Crippen LogP contribution in [0.3, 0.4) is 0 Å². The summed E-state index contributed by atoms with van der Waals surface area (Å²) in [5.41, 5.74) is 6.43. The fraction of sp³-hybridized carbons (Fsp3) is 0.375. The molecule has 132 valence electrons. The molecule has 1 aromatic heterocycles. The van der Waals surface area contributed by atoms with E-state index in [2.05, 4.69) is 20.6 Å². The summed E-state index contributed by atoms with van der Waals surface area (Å²) in [6.45, 7) is 1.68. The van der Waals surface area contributed by atoms with Crippen molar-refractivity contribution in [2.75, 3.05) is 29.5 Å².